The molecule has 6 heteroatoms. The van der Waals surface area contributed by atoms with E-state index in [0.29, 0.717) is 23.4 Å². The Morgan fingerprint density at radius 1 is 1.43 bits per heavy atom. The van der Waals surface area contributed by atoms with Gasteiger partial charge in [-0.15, -0.1) is 11.3 Å². The van der Waals surface area contributed by atoms with E-state index >= 15 is 0 Å². The molecule has 0 radical (unpaired) electrons. The Morgan fingerprint density at radius 3 is 3.00 bits per heavy atom. The van der Waals surface area contributed by atoms with Crippen LogP contribution in [0.25, 0.3) is 4.96 Å². The standard InChI is InChI=1S/C15H13FN4S/c1-9-12(16)5-11(7-17)6-13(9)18-8-14-10(2)19-15-20(14)3-4-21-15/h3-6,18H,8H2,1-2H3. The Balaban J connectivity index is 1.91. The van der Waals surface area contributed by atoms with E-state index in [-0.39, 0.29) is 5.82 Å². The van der Waals surface area contributed by atoms with E-state index in [0.717, 1.165) is 16.3 Å². The maximum atomic E-state index is 13.8. The molecule has 0 aliphatic carbocycles. The Morgan fingerprint density at radius 2 is 2.24 bits per heavy atom. The summed E-state index contributed by atoms with van der Waals surface area (Å²) in [6.07, 6.45) is 1.97. The highest BCUT2D eigenvalue weighted by Crippen LogP contribution is 2.23. The number of rotatable bonds is 3. The minimum atomic E-state index is -0.373. The first kappa shape index (κ1) is 13.6. The van der Waals surface area contributed by atoms with Crippen LogP contribution in [0.1, 0.15) is 22.5 Å². The lowest BCUT2D eigenvalue weighted by Gasteiger charge is -2.11. The van der Waals surface area contributed by atoms with E-state index in [1.807, 2.05) is 29.0 Å². The van der Waals surface area contributed by atoms with Gasteiger partial charge in [0.1, 0.15) is 5.82 Å². The van der Waals surface area contributed by atoms with Gasteiger partial charge >= 0.3 is 0 Å². The van der Waals surface area contributed by atoms with Crippen molar-refractivity contribution in [3.8, 4) is 6.07 Å². The second-order valence-corrected chi connectivity index (χ2v) is 5.67. The molecule has 0 aliphatic rings. The topological polar surface area (TPSA) is 53.1 Å². The van der Waals surface area contributed by atoms with Gasteiger partial charge in [0.2, 0.25) is 0 Å². The zero-order valence-corrected chi connectivity index (χ0v) is 12.5. The van der Waals surface area contributed by atoms with Crippen LogP contribution in [0.15, 0.2) is 23.7 Å². The van der Waals surface area contributed by atoms with E-state index < -0.39 is 0 Å². The molecule has 3 aromatic rings. The number of fused-ring (bicyclic) bond motifs is 1. The molecule has 4 nitrogen and oxygen atoms in total. The van der Waals surface area contributed by atoms with E-state index in [2.05, 4.69) is 10.3 Å². The molecule has 0 unspecified atom stereocenters. The molecule has 0 atom stereocenters. The van der Waals surface area contributed by atoms with Crippen LogP contribution in [-0.4, -0.2) is 9.38 Å². The number of aromatic nitrogens is 2. The van der Waals surface area contributed by atoms with Gasteiger partial charge in [0.25, 0.3) is 0 Å². The van der Waals surface area contributed by atoms with Gasteiger partial charge < -0.3 is 5.32 Å². The monoisotopic (exact) mass is 300 g/mol. The van der Waals surface area contributed by atoms with Gasteiger partial charge in [-0.25, -0.2) is 9.37 Å². The van der Waals surface area contributed by atoms with Crippen LogP contribution in [0.3, 0.4) is 0 Å². The zero-order chi connectivity index (χ0) is 15.0. The Bertz CT molecular complexity index is 857. The number of thiazole rings is 1. The SMILES string of the molecule is Cc1nc2sccn2c1CNc1cc(C#N)cc(F)c1C. The number of anilines is 1. The molecule has 21 heavy (non-hydrogen) atoms. The second-order valence-electron chi connectivity index (χ2n) is 4.80. The van der Waals surface area contributed by atoms with Crippen LogP contribution in [0.5, 0.6) is 0 Å². The predicted molar refractivity (Wildman–Crippen MR) is 81.0 cm³/mol. The van der Waals surface area contributed by atoms with Crippen molar-refractivity contribution in [3.05, 3.63) is 52.0 Å². The van der Waals surface area contributed by atoms with Crippen molar-refractivity contribution in [2.24, 2.45) is 0 Å². The molecule has 1 aromatic carbocycles. The molecule has 0 bridgehead atoms. The molecular weight excluding hydrogens is 287 g/mol. The van der Waals surface area contributed by atoms with Gasteiger partial charge in [-0.05, 0) is 26.0 Å². The lowest BCUT2D eigenvalue weighted by atomic mass is 10.1. The molecule has 0 amide bonds. The fourth-order valence-corrected chi connectivity index (χ4v) is 3.04. The van der Waals surface area contributed by atoms with Crippen molar-refractivity contribution >= 4 is 22.0 Å². The quantitative estimate of drug-likeness (QED) is 0.803. The molecule has 3 rings (SSSR count). The first-order valence-electron chi connectivity index (χ1n) is 6.45. The van der Waals surface area contributed by atoms with E-state index in [1.54, 1.807) is 24.3 Å². The van der Waals surface area contributed by atoms with Gasteiger partial charge in [0.15, 0.2) is 4.96 Å². The number of benzene rings is 1. The number of hydrogen-bond donors (Lipinski definition) is 1. The third-order valence-corrected chi connectivity index (χ3v) is 4.24. The van der Waals surface area contributed by atoms with Gasteiger partial charge in [0.05, 0.1) is 29.6 Å². The first-order valence-corrected chi connectivity index (χ1v) is 7.33. The summed E-state index contributed by atoms with van der Waals surface area (Å²) in [6.45, 7) is 4.18. The highest BCUT2D eigenvalue weighted by atomic mass is 32.1. The van der Waals surface area contributed by atoms with Gasteiger partial charge in [-0.2, -0.15) is 5.26 Å². The molecule has 0 spiro atoms. The van der Waals surface area contributed by atoms with Crippen molar-refractivity contribution in [1.82, 2.24) is 9.38 Å². The van der Waals surface area contributed by atoms with Crippen LogP contribution < -0.4 is 5.32 Å². The maximum Gasteiger partial charge on any atom is 0.194 e. The molecule has 0 fully saturated rings. The molecule has 0 saturated heterocycles. The van der Waals surface area contributed by atoms with Crippen molar-refractivity contribution in [2.45, 2.75) is 20.4 Å². The largest absolute Gasteiger partial charge is 0.379 e. The Hall–Kier alpha value is -2.39. The molecule has 0 aliphatic heterocycles. The number of hydrogen-bond acceptors (Lipinski definition) is 4. The average molecular weight is 300 g/mol. The molecular formula is C15H13FN4S. The van der Waals surface area contributed by atoms with Crippen molar-refractivity contribution < 1.29 is 4.39 Å². The zero-order valence-electron chi connectivity index (χ0n) is 11.6. The summed E-state index contributed by atoms with van der Waals surface area (Å²) in [5.74, 6) is -0.373. The summed E-state index contributed by atoms with van der Waals surface area (Å²) >= 11 is 1.58. The summed E-state index contributed by atoms with van der Waals surface area (Å²) in [6, 6.07) is 4.89. The Kier molecular flexibility index (Phi) is 3.35. The summed E-state index contributed by atoms with van der Waals surface area (Å²) in [7, 11) is 0. The van der Waals surface area contributed by atoms with Crippen LogP contribution in [0.2, 0.25) is 0 Å². The van der Waals surface area contributed by atoms with Gasteiger partial charge in [-0.1, -0.05) is 0 Å². The minimum absolute atomic E-state index is 0.311. The molecule has 0 saturated carbocycles. The average Bonchev–Trinajstić information content (AvgIpc) is 3.01. The lowest BCUT2D eigenvalue weighted by molar-refractivity contribution is 0.618. The summed E-state index contributed by atoms with van der Waals surface area (Å²) in [4.78, 5) is 5.42. The predicted octanol–water partition coefficient (Wildman–Crippen LogP) is 3.64. The number of nitriles is 1. The fraction of sp³-hybridized carbons (Fsp3) is 0.200. The normalized spacial score (nSPS) is 10.8. The van der Waals surface area contributed by atoms with Gasteiger partial charge in [-0.3, -0.25) is 4.40 Å². The highest BCUT2D eigenvalue weighted by molar-refractivity contribution is 7.15. The Labute approximate surface area is 125 Å². The summed E-state index contributed by atoms with van der Waals surface area (Å²) in [5.41, 5.74) is 3.44. The minimum Gasteiger partial charge on any atom is -0.379 e. The highest BCUT2D eigenvalue weighted by Gasteiger charge is 2.11. The van der Waals surface area contributed by atoms with E-state index in [9.17, 15) is 4.39 Å². The van der Waals surface area contributed by atoms with Crippen LogP contribution in [0.4, 0.5) is 10.1 Å². The second kappa shape index (κ2) is 5.19. The lowest BCUT2D eigenvalue weighted by Crippen LogP contribution is -2.06. The first-order chi connectivity index (χ1) is 10.1. The summed E-state index contributed by atoms with van der Waals surface area (Å²) in [5, 5.41) is 14.1. The third-order valence-electron chi connectivity index (χ3n) is 3.48. The number of nitrogens with zero attached hydrogens (tertiary/aromatic N) is 3. The van der Waals surface area contributed by atoms with Crippen molar-refractivity contribution in [1.29, 1.82) is 5.26 Å². The number of imidazole rings is 1. The van der Waals surface area contributed by atoms with Crippen LogP contribution in [0, 0.1) is 31.0 Å². The summed E-state index contributed by atoms with van der Waals surface area (Å²) < 4.78 is 15.8. The fourth-order valence-electron chi connectivity index (χ4n) is 2.26. The smallest absolute Gasteiger partial charge is 0.194 e. The molecule has 2 heterocycles. The van der Waals surface area contributed by atoms with Crippen LogP contribution >= 0.6 is 11.3 Å². The third kappa shape index (κ3) is 2.36. The van der Waals surface area contributed by atoms with Gasteiger partial charge in [0, 0.05) is 22.8 Å². The number of halogens is 1. The molecule has 2 aromatic heterocycles. The molecule has 106 valence electrons. The van der Waals surface area contributed by atoms with E-state index in [1.165, 1.54) is 6.07 Å². The maximum absolute atomic E-state index is 13.8. The number of nitrogens with one attached hydrogen (secondary N) is 1. The molecule has 1 N–H and O–H groups in total. The van der Waals surface area contributed by atoms with Crippen molar-refractivity contribution in [3.63, 3.8) is 0 Å². The number of aryl methyl sites for hydroxylation is 1. The van der Waals surface area contributed by atoms with E-state index in [4.69, 9.17) is 5.26 Å². The van der Waals surface area contributed by atoms with Crippen LogP contribution in [-0.2, 0) is 6.54 Å². The van der Waals surface area contributed by atoms with Crippen molar-refractivity contribution in [2.75, 3.05) is 5.32 Å².